The highest BCUT2D eigenvalue weighted by molar-refractivity contribution is 5.94. The summed E-state index contributed by atoms with van der Waals surface area (Å²) in [7, 11) is 0. The lowest BCUT2D eigenvalue weighted by Gasteiger charge is -2.58. The molecule has 4 aliphatic rings. The molecule has 0 aromatic heterocycles. The molecule has 2 unspecified atom stereocenters. The van der Waals surface area contributed by atoms with Crippen molar-refractivity contribution in [3.05, 3.63) is 47.5 Å². The Balaban J connectivity index is 1.45. The number of alkyl halides is 1. The van der Waals surface area contributed by atoms with E-state index in [1.54, 1.807) is 19.1 Å². The fourth-order valence-corrected chi connectivity index (χ4v) is 8.47. The molecule has 0 heterocycles. The van der Waals surface area contributed by atoms with Gasteiger partial charge in [-0.2, -0.15) is 0 Å². The third kappa shape index (κ3) is 3.09. The van der Waals surface area contributed by atoms with Gasteiger partial charge in [0.05, 0.1) is 5.92 Å². The van der Waals surface area contributed by atoms with Crippen molar-refractivity contribution in [3.8, 4) is 0 Å². The maximum atomic E-state index is 15.6. The van der Waals surface area contributed by atoms with E-state index in [0.717, 1.165) is 38.5 Å². The Morgan fingerprint density at radius 1 is 1.06 bits per heavy atom. The molecule has 3 fully saturated rings. The SMILES string of the molecule is CC(=O)[C@H]1CC[C@H]2[C@@H]3CCC4=CC(=O)C(C(F)c5ccccc5)C[C@]4(C)[C@H]3CC[C@]12C. The molecule has 0 N–H and O–H groups in total. The highest BCUT2D eigenvalue weighted by atomic mass is 19.1. The maximum Gasteiger partial charge on any atom is 0.162 e. The number of rotatable bonds is 3. The minimum absolute atomic E-state index is 0.0274. The van der Waals surface area contributed by atoms with E-state index in [0.29, 0.717) is 35.5 Å². The zero-order valence-corrected chi connectivity index (χ0v) is 19.1. The van der Waals surface area contributed by atoms with Crippen molar-refractivity contribution in [1.82, 2.24) is 0 Å². The predicted octanol–water partition coefficient (Wildman–Crippen LogP) is 6.66. The van der Waals surface area contributed by atoms with Crippen LogP contribution < -0.4 is 0 Å². The molecule has 0 spiro atoms. The molecule has 0 saturated heterocycles. The van der Waals surface area contributed by atoms with E-state index >= 15 is 4.39 Å². The summed E-state index contributed by atoms with van der Waals surface area (Å²) in [6.07, 6.45) is 7.63. The van der Waals surface area contributed by atoms with Gasteiger partial charge in [0.2, 0.25) is 0 Å². The van der Waals surface area contributed by atoms with Gasteiger partial charge < -0.3 is 0 Å². The molecule has 0 amide bonds. The Labute approximate surface area is 185 Å². The lowest BCUT2D eigenvalue weighted by Crippen LogP contribution is -2.52. The van der Waals surface area contributed by atoms with Gasteiger partial charge in [0.15, 0.2) is 5.78 Å². The highest BCUT2D eigenvalue weighted by Crippen LogP contribution is 2.67. The van der Waals surface area contributed by atoms with Crippen molar-refractivity contribution < 1.29 is 14.0 Å². The van der Waals surface area contributed by atoms with Crippen LogP contribution in [0.15, 0.2) is 42.0 Å². The van der Waals surface area contributed by atoms with Crippen LogP contribution in [0.3, 0.4) is 0 Å². The van der Waals surface area contributed by atoms with E-state index in [1.807, 2.05) is 24.3 Å². The number of hydrogen-bond donors (Lipinski definition) is 0. The van der Waals surface area contributed by atoms with Gasteiger partial charge in [0.25, 0.3) is 0 Å². The number of Topliss-reactive ketones (excluding diaryl/α,β-unsaturated/α-hetero) is 1. The van der Waals surface area contributed by atoms with Crippen LogP contribution in [-0.4, -0.2) is 11.6 Å². The summed E-state index contributed by atoms with van der Waals surface area (Å²) in [5.41, 5.74) is 1.90. The maximum absolute atomic E-state index is 15.6. The van der Waals surface area contributed by atoms with Gasteiger partial charge in [-0.15, -0.1) is 0 Å². The number of fused-ring (bicyclic) bond motifs is 5. The molecule has 1 aromatic carbocycles. The van der Waals surface area contributed by atoms with Crippen LogP contribution >= 0.6 is 0 Å². The summed E-state index contributed by atoms with van der Waals surface area (Å²) in [6, 6.07) is 9.19. The minimum Gasteiger partial charge on any atom is -0.300 e. The van der Waals surface area contributed by atoms with Crippen molar-refractivity contribution in [3.63, 3.8) is 0 Å². The Morgan fingerprint density at radius 3 is 2.52 bits per heavy atom. The molecule has 2 nitrogen and oxygen atoms in total. The molecule has 3 saturated carbocycles. The first-order valence-corrected chi connectivity index (χ1v) is 12.2. The first-order chi connectivity index (χ1) is 14.8. The molecular weight excluding hydrogens is 387 g/mol. The number of halogens is 1. The average Bonchev–Trinajstić information content (AvgIpc) is 3.11. The second-order valence-corrected chi connectivity index (χ2v) is 11.3. The van der Waals surface area contributed by atoms with E-state index in [1.165, 1.54) is 5.57 Å². The lowest BCUT2D eigenvalue weighted by atomic mass is 9.46. The third-order valence-electron chi connectivity index (χ3n) is 10.0. The van der Waals surface area contributed by atoms with Crippen LogP contribution in [0.4, 0.5) is 4.39 Å². The van der Waals surface area contributed by atoms with Crippen LogP contribution in [0, 0.1) is 40.4 Å². The monoisotopic (exact) mass is 422 g/mol. The van der Waals surface area contributed by atoms with Crippen molar-refractivity contribution >= 4 is 11.6 Å². The van der Waals surface area contributed by atoms with E-state index < -0.39 is 12.1 Å². The standard InChI is InChI=1S/C28H35FO2/c1-17(30)22-11-12-23-20-10-9-19-15-25(31)21(26(29)18-7-5-4-6-8-18)16-28(19,3)24(20)13-14-27(22,23)2/h4-8,15,20-24,26H,9-14,16H2,1-3H3/t20-,21?,22+,23-,24-,26?,27+,28-/m0/s1. The van der Waals surface area contributed by atoms with Crippen LogP contribution in [0.1, 0.15) is 77.5 Å². The number of benzene rings is 1. The fourth-order valence-electron chi connectivity index (χ4n) is 8.47. The zero-order valence-electron chi connectivity index (χ0n) is 19.1. The largest absolute Gasteiger partial charge is 0.300 e. The van der Waals surface area contributed by atoms with E-state index in [-0.39, 0.29) is 22.5 Å². The quantitative estimate of drug-likeness (QED) is 0.546. The summed E-state index contributed by atoms with van der Waals surface area (Å²) in [5, 5.41) is 0. The third-order valence-corrected chi connectivity index (χ3v) is 10.0. The lowest BCUT2D eigenvalue weighted by molar-refractivity contribution is -0.130. The van der Waals surface area contributed by atoms with Crippen LogP contribution in [0.25, 0.3) is 0 Å². The first kappa shape index (κ1) is 21.1. The molecule has 3 heteroatoms. The zero-order chi connectivity index (χ0) is 22.0. The molecule has 1 aromatic rings. The van der Waals surface area contributed by atoms with E-state index in [4.69, 9.17) is 0 Å². The van der Waals surface area contributed by atoms with Gasteiger partial charge in [0, 0.05) is 5.92 Å². The van der Waals surface area contributed by atoms with Gasteiger partial charge in [-0.25, -0.2) is 4.39 Å². The van der Waals surface area contributed by atoms with Crippen molar-refractivity contribution in [2.24, 2.45) is 40.4 Å². The minimum atomic E-state index is -1.24. The smallest absolute Gasteiger partial charge is 0.162 e. The first-order valence-electron chi connectivity index (χ1n) is 12.2. The van der Waals surface area contributed by atoms with Crippen molar-refractivity contribution in [2.75, 3.05) is 0 Å². The van der Waals surface area contributed by atoms with Gasteiger partial charge in [-0.05, 0) is 92.1 Å². The van der Waals surface area contributed by atoms with Crippen LogP contribution in [0.5, 0.6) is 0 Å². The molecule has 8 atom stereocenters. The molecule has 0 aliphatic heterocycles. The van der Waals surface area contributed by atoms with E-state index in [9.17, 15) is 9.59 Å². The van der Waals surface area contributed by atoms with Crippen LogP contribution in [-0.2, 0) is 9.59 Å². The summed E-state index contributed by atoms with van der Waals surface area (Å²) in [6.45, 7) is 6.45. The van der Waals surface area contributed by atoms with Crippen LogP contribution in [0.2, 0.25) is 0 Å². The second-order valence-electron chi connectivity index (χ2n) is 11.3. The molecule has 166 valence electrons. The van der Waals surface area contributed by atoms with Gasteiger partial charge in [0.1, 0.15) is 12.0 Å². The van der Waals surface area contributed by atoms with E-state index in [2.05, 4.69) is 13.8 Å². The summed E-state index contributed by atoms with van der Waals surface area (Å²) < 4.78 is 15.6. The number of hydrogen-bond acceptors (Lipinski definition) is 2. The van der Waals surface area contributed by atoms with Crippen molar-refractivity contribution in [1.29, 1.82) is 0 Å². The second kappa shape index (κ2) is 7.39. The molecule has 0 bridgehead atoms. The summed E-state index contributed by atoms with van der Waals surface area (Å²) >= 11 is 0. The van der Waals surface area contributed by atoms with Gasteiger partial charge in [-0.3, -0.25) is 9.59 Å². The molecule has 31 heavy (non-hydrogen) atoms. The number of ketones is 2. The highest BCUT2D eigenvalue weighted by Gasteiger charge is 2.60. The molecular formula is C28H35FO2. The number of allylic oxidation sites excluding steroid dienone is 1. The van der Waals surface area contributed by atoms with Gasteiger partial charge in [-0.1, -0.05) is 49.8 Å². The molecule has 4 aliphatic carbocycles. The summed E-state index contributed by atoms with van der Waals surface area (Å²) in [5.74, 6) is 1.63. The Hall–Kier alpha value is -1.77. The predicted molar refractivity (Wildman–Crippen MR) is 120 cm³/mol. The normalized spacial score (nSPS) is 42.8. The fraction of sp³-hybridized carbons (Fsp3) is 0.643. The van der Waals surface area contributed by atoms with Crippen molar-refractivity contribution in [2.45, 2.75) is 71.9 Å². The average molecular weight is 423 g/mol. The van der Waals surface area contributed by atoms with Gasteiger partial charge >= 0.3 is 0 Å². The number of carbonyl (C=O) groups excluding carboxylic acids is 2. The summed E-state index contributed by atoms with van der Waals surface area (Å²) in [4.78, 5) is 25.3. The molecule has 0 radical (unpaired) electrons. The Bertz CT molecular complexity index is 920. The number of carbonyl (C=O) groups is 2. The molecule has 5 rings (SSSR count). The topological polar surface area (TPSA) is 34.1 Å². The Kier molecular flexibility index (Phi) is 5.03. The Morgan fingerprint density at radius 2 is 1.81 bits per heavy atom.